The first kappa shape index (κ1) is 14.2. The van der Waals surface area contributed by atoms with Crippen molar-refractivity contribution in [2.75, 3.05) is 20.8 Å². The zero-order chi connectivity index (χ0) is 14.4. The number of benzene rings is 2. The van der Waals surface area contributed by atoms with Crippen molar-refractivity contribution in [3.8, 4) is 23.0 Å². The number of rotatable bonds is 6. The molecule has 4 heteroatoms. The molecule has 0 aliphatic heterocycles. The van der Waals surface area contributed by atoms with Crippen LogP contribution in [0.4, 0.5) is 0 Å². The van der Waals surface area contributed by atoms with Gasteiger partial charge in [-0.15, -0.1) is 0 Å². The Labute approximate surface area is 119 Å². The molecule has 0 saturated carbocycles. The van der Waals surface area contributed by atoms with Gasteiger partial charge in [0.1, 0.15) is 5.75 Å². The standard InChI is InChI=1S/C16H19NO3/c1-18-14-7-4-8-15(19-2)16(14)20-13-6-3-5-12(11-13)9-10-17/h3-8,11H,9-10,17H2,1-2H3. The maximum absolute atomic E-state index is 5.92. The van der Waals surface area contributed by atoms with Crippen LogP contribution in [0.5, 0.6) is 23.0 Å². The second-order valence-electron chi connectivity index (χ2n) is 4.28. The van der Waals surface area contributed by atoms with Gasteiger partial charge in [0.25, 0.3) is 0 Å². The summed E-state index contributed by atoms with van der Waals surface area (Å²) in [5.41, 5.74) is 6.71. The van der Waals surface area contributed by atoms with E-state index >= 15 is 0 Å². The van der Waals surface area contributed by atoms with E-state index in [2.05, 4.69) is 0 Å². The topological polar surface area (TPSA) is 53.7 Å². The quantitative estimate of drug-likeness (QED) is 0.879. The van der Waals surface area contributed by atoms with E-state index < -0.39 is 0 Å². The van der Waals surface area contributed by atoms with Gasteiger partial charge in [0, 0.05) is 0 Å². The van der Waals surface area contributed by atoms with Crippen molar-refractivity contribution in [1.29, 1.82) is 0 Å². The van der Waals surface area contributed by atoms with E-state index in [0.717, 1.165) is 17.7 Å². The van der Waals surface area contributed by atoms with E-state index in [9.17, 15) is 0 Å². The monoisotopic (exact) mass is 273 g/mol. The van der Waals surface area contributed by atoms with Gasteiger partial charge in [-0.05, 0) is 42.8 Å². The first-order valence-electron chi connectivity index (χ1n) is 6.46. The van der Waals surface area contributed by atoms with Crippen LogP contribution in [0.25, 0.3) is 0 Å². The summed E-state index contributed by atoms with van der Waals surface area (Å²) in [6.45, 7) is 0.613. The maximum atomic E-state index is 5.92. The van der Waals surface area contributed by atoms with Crippen LogP contribution < -0.4 is 19.9 Å². The molecule has 0 radical (unpaired) electrons. The van der Waals surface area contributed by atoms with Gasteiger partial charge in [-0.3, -0.25) is 0 Å². The molecule has 20 heavy (non-hydrogen) atoms. The average Bonchev–Trinajstić information content (AvgIpc) is 2.48. The molecule has 0 fully saturated rings. The van der Waals surface area contributed by atoms with Gasteiger partial charge in [0.2, 0.25) is 5.75 Å². The second-order valence-corrected chi connectivity index (χ2v) is 4.28. The third-order valence-corrected chi connectivity index (χ3v) is 2.93. The smallest absolute Gasteiger partial charge is 0.210 e. The normalized spacial score (nSPS) is 10.2. The molecule has 2 aromatic carbocycles. The summed E-state index contributed by atoms with van der Waals surface area (Å²) in [6.07, 6.45) is 0.820. The highest BCUT2D eigenvalue weighted by Crippen LogP contribution is 2.39. The predicted octanol–water partition coefficient (Wildman–Crippen LogP) is 3.00. The van der Waals surface area contributed by atoms with Crippen molar-refractivity contribution in [3.63, 3.8) is 0 Å². The molecular formula is C16H19NO3. The van der Waals surface area contributed by atoms with Crippen LogP contribution in [-0.4, -0.2) is 20.8 Å². The molecule has 0 aliphatic carbocycles. The summed E-state index contributed by atoms with van der Waals surface area (Å²) >= 11 is 0. The van der Waals surface area contributed by atoms with Crippen molar-refractivity contribution in [1.82, 2.24) is 0 Å². The summed E-state index contributed by atoms with van der Waals surface area (Å²) in [7, 11) is 3.21. The van der Waals surface area contributed by atoms with Gasteiger partial charge in [0.15, 0.2) is 11.5 Å². The van der Waals surface area contributed by atoms with Gasteiger partial charge < -0.3 is 19.9 Å². The number of para-hydroxylation sites is 1. The van der Waals surface area contributed by atoms with E-state index in [1.807, 2.05) is 42.5 Å². The first-order valence-corrected chi connectivity index (χ1v) is 6.46. The summed E-state index contributed by atoms with van der Waals surface area (Å²) in [5.74, 6) is 2.57. The molecule has 0 spiro atoms. The number of ether oxygens (including phenoxy) is 3. The fraction of sp³-hybridized carbons (Fsp3) is 0.250. The number of nitrogens with two attached hydrogens (primary N) is 1. The summed E-state index contributed by atoms with van der Waals surface area (Å²) in [4.78, 5) is 0. The Kier molecular flexibility index (Phi) is 4.85. The van der Waals surface area contributed by atoms with Crippen LogP contribution in [0.1, 0.15) is 5.56 Å². The van der Waals surface area contributed by atoms with Crippen LogP contribution in [0.2, 0.25) is 0 Å². The molecule has 0 atom stereocenters. The summed E-state index contributed by atoms with van der Waals surface area (Å²) < 4.78 is 16.5. The van der Waals surface area contributed by atoms with Crippen LogP contribution in [0.3, 0.4) is 0 Å². The van der Waals surface area contributed by atoms with Crippen molar-refractivity contribution in [2.24, 2.45) is 5.73 Å². The van der Waals surface area contributed by atoms with Crippen molar-refractivity contribution < 1.29 is 14.2 Å². The molecule has 106 valence electrons. The molecule has 4 nitrogen and oxygen atoms in total. The number of hydrogen-bond donors (Lipinski definition) is 1. The Morgan fingerprint density at radius 1 is 0.950 bits per heavy atom. The van der Waals surface area contributed by atoms with E-state index in [0.29, 0.717) is 23.8 Å². The van der Waals surface area contributed by atoms with E-state index in [4.69, 9.17) is 19.9 Å². The lowest BCUT2D eigenvalue weighted by molar-refractivity contribution is 0.346. The second kappa shape index (κ2) is 6.82. The van der Waals surface area contributed by atoms with Gasteiger partial charge in [-0.1, -0.05) is 18.2 Å². The highest BCUT2D eigenvalue weighted by molar-refractivity contribution is 5.53. The lowest BCUT2D eigenvalue weighted by atomic mass is 10.1. The van der Waals surface area contributed by atoms with Gasteiger partial charge in [-0.25, -0.2) is 0 Å². The maximum Gasteiger partial charge on any atom is 0.210 e. The highest BCUT2D eigenvalue weighted by Gasteiger charge is 2.12. The van der Waals surface area contributed by atoms with E-state index in [-0.39, 0.29) is 0 Å². The molecular weight excluding hydrogens is 254 g/mol. The zero-order valence-electron chi connectivity index (χ0n) is 11.8. The number of hydrogen-bond acceptors (Lipinski definition) is 4. The van der Waals surface area contributed by atoms with E-state index in [1.165, 1.54) is 0 Å². The molecule has 0 saturated heterocycles. The minimum absolute atomic E-state index is 0.572. The van der Waals surface area contributed by atoms with Gasteiger partial charge >= 0.3 is 0 Å². The van der Waals surface area contributed by atoms with Crippen LogP contribution in [-0.2, 0) is 6.42 Å². The third kappa shape index (κ3) is 3.22. The minimum Gasteiger partial charge on any atom is -0.493 e. The van der Waals surface area contributed by atoms with Gasteiger partial charge in [0.05, 0.1) is 14.2 Å². The van der Waals surface area contributed by atoms with Crippen molar-refractivity contribution in [3.05, 3.63) is 48.0 Å². The molecule has 0 unspecified atom stereocenters. The SMILES string of the molecule is COc1cccc(OC)c1Oc1cccc(CCN)c1. The molecule has 0 aliphatic rings. The minimum atomic E-state index is 0.572. The van der Waals surface area contributed by atoms with Crippen LogP contribution in [0.15, 0.2) is 42.5 Å². The Morgan fingerprint density at radius 2 is 1.60 bits per heavy atom. The van der Waals surface area contributed by atoms with Crippen molar-refractivity contribution >= 4 is 0 Å². The molecule has 2 aromatic rings. The molecule has 0 amide bonds. The molecule has 0 bridgehead atoms. The van der Waals surface area contributed by atoms with Crippen molar-refractivity contribution in [2.45, 2.75) is 6.42 Å². The lowest BCUT2D eigenvalue weighted by Crippen LogP contribution is -2.02. The Hall–Kier alpha value is -2.20. The van der Waals surface area contributed by atoms with E-state index in [1.54, 1.807) is 14.2 Å². The average molecular weight is 273 g/mol. The zero-order valence-corrected chi connectivity index (χ0v) is 11.8. The van der Waals surface area contributed by atoms with Crippen LogP contribution in [0, 0.1) is 0 Å². The predicted molar refractivity (Wildman–Crippen MR) is 78.8 cm³/mol. The largest absolute Gasteiger partial charge is 0.493 e. The fourth-order valence-corrected chi connectivity index (χ4v) is 1.97. The lowest BCUT2D eigenvalue weighted by Gasteiger charge is -2.14. The fourth-order valence-electron chi connectivity index (χ4n) is 1.97. The molecule has 2 rings (SSSR count). The Morgan fingerprint density at radius 3 is 2.20 bits per heavy atom. The first-order chi connectivity index (χ1) is 9.78. The summed E-state index contributed by atoms with van der Waals surface area (Å²) in [5, 5.41) is 0. The Balaban J connectivity index is 2.31. The number of methoxy groups -OCH3 is 2. The summed E-state index contributed by atoms with van der Waals surface area (Å²) in [6, 6.07) is 13.4. The molecule has 0 aromatic heterocycles. The Bertz CT molecular complexity index is 547. The molecule has 2 N–H and O–H groups in total. The van der Waals surface area contributed by atoms with Crippen LogP contribution >= 0.6 is 0 Å². The molecule has 0 heterocycles. The van der Waals surface area contributed by atoms with Gasteiger partial charge in [-0.2, -0.15) is 0 Å². The highest BCUT2D eigenvalue weighted by atomic mass is 16.5. The third-order valence-electron chi connectivity index (χ3n) is 2.93.